The van der Waals surface area contributed by atoms with E-state index in [0.717, 1.165) is 29.7 Å². The van der Waals surface area contributed by atoms with Crippen molar-refractivity contribution in [1.29, 1.82) is 0 Å². The predicted octanol–water partition coefficient (Wildman–Crippen LogP) is 4.67. The molecule has 0 bridgehead atoms. The van der Waals surface area contributed by atoms with Gasteiger partial charge in [0.15, 0.2) is 0 Å². The molecular weight excluding hydrogens is 400 g/mol. The quantitative estimate of drug-likeness (QED) is 0.408. The molecule has 170 valence electrons. The molecule has 0 radical (unpaired) electrons. The summed E-state index contributed by atoms with van der Waals surface area (Å²) in [6, 6.07) is 14.8. The lowest BCUT2D eigenvalue weighted by atomic mass is 9.84. The van der Waals surface area contributed by atoms with Gasteiger partial charge in [0.1, 0.15) is 5.76 Å². The minimum absolute atomic E-state index is 0.101. The van der Waals surface area contributed by atoms with Crippen LogP contribution in [0.1, 0.15) is 55.5 Å². The first-order chi connectivity index (χ1) is 15.0. The second-order valence-electron chi connectivity index (χ2n) is 9.84. The van der Waals surface area contributed by atoms with Gasteiger partial charge in [0.2, 0.25) is 0 Å². The van der Waals surface area contributed by atoms with Crippen molar-refractivity contribution in [2.45, 2.75) is 45.6 Å². The van der Waals surface area contributed by atoms with Crippen LogP contribution in [-0.2, 0) is 15.0 Å². The van der Waals surface area contributed by atoms with E-state index in [2.05, 4.69) is 25.7 Å². The first-order valence-corrected chi connectivity index (χ1v) is 11.1. The zero-order valence-corrected chi connectivity index (χ0v) is 20.0. The topological polar surface area (TPSA) is 60.9 Å². The fourth-order valence-corrected chi connectivity index (χ4v) is 4.14. The van der Waals surface area contributed by atoms with Crippen molar-refractivity contribution in [2.24, 2.45) is 0 Å². The van der Waals surface area contributed by atoms with Crippen LogP contribution in [0.15, 0.2) is 54.1 Å². The number of benzene rings is 2. The largest absolute Gasteiger partial charge is 0.507 e. The number of aliphatic hydroxyl groups excluding tert-OH is 1. The lowest BCUT2D eigenvalue weighted by Crippen LogP contribution is -2.32. The Morgan fingerprint density at radius 1 is 1.06 bits per heavy atom. The van der Waals surface area contributed by atoms with E-state index in [1.165, 1.54) is 0 Å². The van der Waals surface area contributed by atoms with Crippen LogP contribution in [-0.4, -0.2) is 53.8 Å². The van der Waals surface area contributed by atoms with Gasteiger partial charge in [-0.3, -0.25) is 9.59 Å². The van der Waals surface area contributed by atoms with Crippen LogP contribution in [0.3, 0.4) is 0 Å². The number of carbonyl (C=O) groups excluding carboxylic acids is 2. The number of hydrogen-bond acceptors (Lipinski definition) is 4. The number of nitrogens with zero attached hydrogens (tertiary/aromatic N) is 2. The standard InChI is InChI=1S/C27H34N2O3/c1-18-13-14-20(27(2,3)4)17-21(18)24(30)22-23(19-11-8-7-9-12-19)29(26(32)25(22)31)16-10-15-28(5)6/h7-9,11-14,17,23,30H,10,15-16H2,1-6H3/b24-22+. The Balaban J connectivity index is 2.15. The molecule has 0 aliphatic carbocycles. The molecule has 1 saturated heterocycles. The average molecular weight is 435 g/mol. The third-order valence-electron chi connectivity index (χ3n) is 6.02. The molecule has 2 aromatic rings. The fraction of sp³-hybridized carbons (Fsp3) is 0.407. The first kappa shape index (κ1) is 23.7. The Morgan fingerprint density at radius 2 is 1.72 bits per heavy atom. The highest BCUT2D eigenvalue weighted by Gasteiger charge is 2.45. The Bertz CT molecular complexity index is 1030. The van der Waals surface area contributed by atoms with Crippen LogP contribution in [0.2, 0.25) is 0 Å². The van der Waals surface area contributed by atoms with Crippen molar-refractivity contribution in [3.05, 3.63) is 76.4 Å². The van der Waals surface area contributed by atoms with Crippen LogP contribution >= 0.6 is 0 Å². The molecular formula is C27H34N2O3. The number of rotatable bonds is 6. The van der Waals surface area contributed by atoms with Gasteiger partial charge in [-0.2, -0.15) is 0 Å². The minimum atomic E-state index is -0.623. The molecule has 1 unspecified atom stereocenters. The van der Waals surface area contributed by atoms with Crippen LogP contribution < -0.4 is 0 Å². The highest BCUT2D eigenvalue weighted by molar-refractivity contribution is 6.46. The number of ketones is 1. The molecule has 0 spiro atoms. The van der Waals surface area contributed by atoms with Crippen molar-refractivity contribution in [2.75, 3.05) is 27.2 Å². The summed E-state index contributed by atoms with van der Waals surface area (Å²) in [6.07, 6.45) is 0.738. The molecule has 1 amide bonds. The number of aryl methyl sites for hydroxylation is 1. The van der Waals surface area contributed by atoms with Gasteiger partial charge in [0.05, 0.1) is 11.6 Å². The number of Topliss-reactive ketones (excluding diaryl/α,β-unsaturated/α-hetero) is 1. The second-order valence-corrected chi connectivity index (χ2v) is 9.84. The average Bonchev–Trinajstić information content (AvgIpc) is 2.98. The number of hydrogen-bond donors (Lipinski definition) is 1. The number of amides is 1. The second kappa shape index (κ2) is 9.29. The van der Waals surface area contributed by atoms with Crippen LogP contribution in [0.25, 0.3) is 5.76 Å². The molecule has 1 aliphatic rings. The van der Waals surface area contributed by atoms with Gasteiger partial charge in [-0.1, -0.05) is 63.2 Å². The first-order valence-electron chi connectivity index (χ1n) is 11.1. The molecule has 5 heteroatoms. The Morgan fingerprint density at radius 3 is 2.31 bits per heavy atom. The smallest absolute Gasteiger partial charge is 0.295 e. The van der Waals surface area contributed by atoms with Gasteiger partial charge >= 0.3 is 0 Å². The number of aliphatic hydroxyl groups is 1. The third kappa shape index (κ3) is 4.78. The van der Waals surface area contributed by atoms with E-state index in [4.69, 9.17) is 0 Å². The summed E-state index contributed by atoms with van der Waals surface area (Å²) in [5.41, 5.74) is 3.40. The van der Waals surface area contributed by atoms with Crippen molar-refractivity contribution >= 4 is 17.4 Å². The van der Waals surface area contributed by atoms with Gasteiger partial charge in [-0.15, -0.1) is 0 Å². The van der Waals surface area contributed by atoms with Crippen molar-refractivity contribution in [3.8, 4) is 0 Å². The molecule has 32 heavy (non-hydrogen) atoms. The van der Waals surface area contributed by atoms with Crippen molar-refractivity contribution < 1.29 is 14.7 Å². The normalized spacial score (nSPS) is 18.6. The highest BCUT2D eigenvalue weighted by Crippen LogP contribution is 2.40. The van der Waals surface area contributed by atoms with Gasteiger partial charge in [-0.25, -0.2) is 0 Å². The summed E-state index contributed by atoms with van der Waals surface area (Å²) in [5, 5.41) is 11.4. The Labute approximate surface area is 191 Å². The molecule has 0 saturated carbocycles. The maximum absolute atomic E-state index is 13.2. The van der Waals surface area contributed by atoms with Crippen molar-refractivity contribution in [1.82, 2.24) is 9.80 Å². The molecule has 1 fully saturated rings. The van der Waals surface area contributed by atoms with E-state index in [9.17, 15) is 14.7 Å². The van der Waals surface area contributed by atoms with Gasteiger partial charge in [0.25, 0.3) is 11.7 Å². The van der Waals surface area contributed by atoms with Crippen molar-refractivity contribution in [3.63, 3.8) is 0 Å². The van der Waals surface area contributed by atoms with E-state index in [0.29, 0.717) is 12.1 Å². The molecule has 1 heterocycles. The maximum atomic E-state index is 13.2. The van der Waals surface area contributed by atoms with E-state index in [-0.39, 0.29) is 16.7 Å². The van der Waals surface area contributed by atoms with E-state index in [1.807, 2.05) is 69.6 Å². The lowest BCUT2D eigenvalue weighted by Gasteiger charge is -2.26. The summed E-state index contributed by atoms with van der Waals surface area (Å²) in [6.45, 7) is 9.48. The van der Waals surface area contributed by atoms with Crippen LogP contribution in [0.5, 0.6) is 0 Å². The Kier molecular flexibility index (Phi) is 6.89. The summed E-state index contributed by atoms with van der Waals surface area (Å²) in [4.78, 5) is 29.9. The van der Waals surface area contributed by atoms with E-state index >= 15 is 0 Å². The third-order valence-corrected chi connectivity index (χ3v) is 6.02. The van der Waals surface area contributed by atoms with E-state index in [1.54, 1.807) is 4.90 Å². The number of likely N-dealkylation sites (tertiary alicyclic amines) is 1. The molecule has 1 N–H and O–H groups in total. The minimum Gasteiger partial charge on any atom is -0.507 e. The summed E-state index contributed by atoms with van der Waals surface area (Å²) >= 11 is 0. The maximum Gasteiger partial charge on any atom is 0.295 e. The van der Waals surface area contributed by atoms with E-state index < -0.39 is 17.7 Å². The molecule has 5 nitrogen and oxygen atoms in total. The fourth-order valence-electron chi connectivity index (χ4n) is 4.14. The molecule has 2 aromatic carbocycles. The zero-order chi connectivity index (χ0) is 23.6. The summed E-state index contributed by atoms with van der Waals surface area (Å²) in [5.74, 6) is -1.28. The summed E-state index contributed by atoms with van der Waals surface area (Å²) < 4.78 is 0. The predicted molar refractivity (Wildman–Crippen MR) is 129 cm³/mol. The molecule has 1 atom stereocenters. The lowest BCUT2D eigenvalue weighted by molar-refractivity contribution is -0.139. The van der Waals surface area contributed by atoms with Crippen LogP contribution in [0.4, 0.5) is 0 Å². The Hall–Kier alpha value is -2.92. The number of carbonyl (C=O) groups is 2. The monoisotopic (exact) mass is 434 g/mol. The molecule has 3 rings (SSSR count). The SMILES string of the molecule is Cc1ccc(C(C)(C)C)cc1/C(O)=C1\C(=O)C(=O)N(CCCN(C)C)C1c1ccccc1. The van der Waals surface area contributed by atoms with Crippen LogP contribution in [0, 0.1) is 6.92 Å². The van der Waals surface area contributed by atoms with Gasteiger partial charge < -0.3 is 14.9 Å². The molecule has 0 aromatic heterocycles. The van der Waals surface area contributed by atoms with Gasteiger partial charge in [-0.05, 0) is 62.2 Å². The van der Waals surface area contributed by atoms with Gasteiger partial charge in [0, 0.05) is 12.1 Å². The zero-order valence-electron chi connectivity index (χ0n) is 20.0. The molecule has 1 aliphatic heterocycles. The summed E-state index contributed by atoms with van der Waals surface area (Å²) in [7, 11) is 3.96. The highest BCUT2D eigenvalue weighted by atomic mass is 16.3.